The van der Waals surface area contributed by atoms with Crippen molar-refractivity contribution in [1.29, 1.82) is 0 Å². The van der Waals surface area contributed by atoms with Crippen molar-refractivity contribution in [2.45, 2.75) is 6.92 Å². The molecule has 3 heterocycles. The maximum Gasteiger partial charge on any atom is 0.227 e. The molecule has 0 aliphatic carbocycles. The molecule has 6 heteroatoms. The van der Waals surface area contributed by atoms with Gasteiger partial charge < -0.3 is 10.2 Å². The van der Waals surface area contributed by atoms with Crippen LogP contribution in [-0.4, -0.2) is 40.8 Å². The van der Waals surface area contributed by atoms with Gasteiger partial charge in [0.2, 0.25) is 5.95 Å². The van der Waals surface area contributed by atoms with Crippen LogP contribution in [-0.2, 0) is 0 Å². The second-order valence-electron chi connectivity index (χ2n) is 5.39. The quantitative estimate of drug-likeness (QED) is 0.740. The molecule has 0 unspecified atom stereocenters. The molecule has 0 atom stereocenters. The fourth-order valence-corrected chi connectivity index (χ4v) is 2.88. The molecule has 0 amide bonds. The van der Waals surface area contributed by atoms with E-state index in [4.69, 9.17) is 0 Å². The monoisotopic (exact) mass is 285 g/mol. The van der Waals surface area contributed by atoms with Gasteiger partial charge in [-0.05, 0) is 25.1 Å². The van der Waals surface area contributed by atoms with Gasteiger partial charge in [0.1, 0.15) is 5.82 Å². The highest BCUT2D eigenvalue weighted by Crippen LogP contribution is 2.25. The molecular formula is C15H16FN5. The summed E-state index contributed by atoms with van der Waals surface area (Å²) < 4.78 is 15.4. The first-order valence-corrected chi connectivity index (χ1v) is 7.14. The number of benzene rings is 1. The highest BCUT2D eigenvalue weighted by Gasteiger charge is 2.18. The van der Waals surface area contributed by atoms with Crippen molar-refractivity contribution in [3.8, 4) is 0 Å². The molecule has 5 nitrogen and oxygen atoms in total. The normalized spacial score (nSPS) is 16.0. The van der Waals surface area contributed by atoms with Crippen LogP contribution in [0.15, 0.2) is 24.3 Å². The first-order valence-electron chi connectivity index (χ1n) is 7.14. The number of nitrogens with one attached hydrogen (secondary N) is 1. The van der Waals surface area contributed by atoms with Crippen LogP contribution in [0.3, 0.4) is 0 Å². The Morgan fingerprint density at radius 2 is 2.00 bits per heavy atom. The molecule has 1 saturated heterocycles. The Morgan fingerprint density at radius 1 is 1.19 bits per heavy atom. The summed E-state index contributed by atoms with van der Waals surface area (Å²) in [4.78, 5) is 6.85. The Labute approximate surface area is 121 Å². The largest absolute Gasteiger partial charge is 0.338 e. The van der Waals surface area contributed by atoms with E-state index in [1.54, 1.807) is 6.07 Å². The number of aromatic nitrogens is 3. The van der Waals surface area contributed by atoms with Gasteiger partial charge in [0.25, 0.3) is 0 Å². The van der Waals surface area contributed by atoms with Crippen LogP contribution < -0.4 is 10.2 Å². The summed E-state index contributed by atoms with van der Waals surface area (Å²) in [6.07, 6.45) is 0. The molecule has 0 saturated carbocycles. The van der Waals surface area contributed by atoms with E-state index in [0.717, 1.165) is 48.7 Å². The molecular weight excluding hydrogens is 269 g/mol. The third kappa shape index (κ3) is 2.03. The van der Waals surface area contributed by atoms with Gasteiger partial charge in [-0.1, -0.05) is 0 Å². The number of hydrogen-bond acceptors (Lipinski definition) is 4. The SMILES string of the molecule is Cc1cc2c3ccc(F)cc3nc(N3CCNCC3)n2n1. The summed E-state index contributed by atoms with van der Waals surface area (Å²) >= 11 is 0. The summed E-state index contributed by atoms with van der Waals surface area (Å²) in [5.41, 5.74) is 2.59. The number of halogens is 1. The Kier molecular flexibility index (Phi) is 2.78. The molecule has 108 valence electrons. The van der Waals surface area contributed by atoms with Crippen molar-refractivity contribution in [2.24, 2.45) is 0 Å². The molecule has 2 aromatic heterocycles. The minimum atomic E-state index is -0.262. The third-order valence-electron chi connectivity index (χ3n) is 3.88. The maximum atomic E-state index is 13.5. The van der Waals surface area contributed by atoms with Gasteiger partial charge in [-0.2, -0.15) is 9.61 Å². The van der Waals surface area contributed by atoms with Gasteiger partial charge in [-0.15, -0.1) is 0 Å². The summed E-state index contributed by atoms with van der Waals surface area (Å²) in [5.74, 6) is 0.527. The second kappa shape index (κ2) is 4.66. The average Bonchev–Trinajstić information content (AvgIpc) is 2.88. The van der Waals surface area contributed by atoms with Crippen LogP contribution >= 0.6 is 0 Å². The van der Waals surface area contributed by atoms with Crippen molar-refractivity contribution in [1.82, 2.24) is 19.9 Å². The molecule has 1 fully saturated rings. The molecule has 0 bridgehead atoms. The molecule has 0 spiro atoms. The number of aryl methyl sites for hydroxylation is 1. The van der Waals surface area contributed by atoms with Crippen LogP contribution in [0.2, 0.25) is 0 Å². The Hall–Kier alpha value is -2.21. The van der Waals surface area contributed by atoms with E-state index in [1.807, 2.05) is 17.5 Å². The lowest BCUT2D eigenvalue weighted by atomic mass is 10.2. The summed E-state index contributed by atoms with van der Waals surface area (Å²) in [6.45, 7) is 5.56. The zero-order valence-electron chi connectivity index (χ0n) is 11.8. The van der Waals surface area contributed by atoms with Crippen LogP contribution in [0.1, 0.15) is 5.69 Å². The molecule has 21 heavy (non-hydrogen) atoms. The molecule has 1 aromatic carbocycles. The molecule has 0 radical (unpaired) electrons. The zero-order chi connectivity index (χ0) is 14.4. The molecule has 3 aromatic rings. The van der Waals surface area contributed by atoms with E-state index in [-0.39, 0.29) is 5.82 Å². The number of fused-ring (bicyclic) bond motifs is 3. The maximum absolute atomic E-state index is 13.5. The average molecular weight is 285 g/mol. The predicted octanol–water partition coefficient (Wildman–Crippen LogP) is 1.74. The number of hydrogen-bond donors (Lipinski definition) is 1. The highest BCUT2D eigenvalue weighted by molar-refractivity contribution is 5.94. The van der Waals surface area contributed by atoms with E-state index < -0.39 is 0 Å². The minimum Gasteiger partial charge on any atom is -0.338 e. The van der Waals surface area contributed by atoms with E-state index in [0.29, 0.717) is 5.52 Å². The highest BCUT2D eigenvalue weighted by atomic mass is 19.1. The second-order valence-corrected chi connectivity index (χ2v) is 5.39. The molecule has 4 rings (SSSR count). The van der Waals surface area contributed by atoms with Crippen molar-refractivity contribution < 1.29 is 4.39 Å². The van der Waals surface area contributed by atoms with Gasteiger partial charge >= 0.3 is 0 Å². The van der Waals surface area contributed by atoms with Gasteiger partial charge in [-0.25, -0.2) is 9.37 Å². The predicted molar refractivity (Wildman–Crippen MR) is 80.3 cm³/mol. The van der Waals surface area contributed by atoms with Crippen molar-refractivity contribution in [3.63, 3.8) is 0 Å². The van der Waals surface area contributed by atoms with Crippen LogP contribution in [0, 0.1) is 12.7 Å². The van der Waals surface area contributed by atoms with E-state index in [9.17, 15) is 4.39 Å². The Morgan fingerprint density at radius 3 is 2.81 bits per heavy atom. The lowest BCUT2D eigenvalue weighted by molar-refractivity contribution is 0.574. The van der Waals surface area contributed by atoms with Gasteiger partial charge in [0.15, 0.2) is 0 Å². The Balaban J connectivity index is 2.02. The molecule has 1 aliphatic heterocycles. The lowest BCUT2D eigenvalue weighted by Gasteiger charge is -2.28. The van der Waals surface area contributed by atoms with Crippen molar-refractivity contribution in [2.75, 3.05) is 31.1 Å². The van der Waals surface area contributed by atoms with E-state index >= 15 is 0 Å². The first kappa shape index (κ1) is 12.5. The summed E-state index contributed by atoms with van der Waals surface area (Å²) in [5, 5.41) is 8.81. The third-order valence-corrected chi connectivity index (χ3v) is 3.88. The minimum absolute atomic E-state index is 0.262. The summed E-state index contributed by atoms with van der Waals surface area (Å²) in [6, 6.07) is 6.75. The van der Waals surface area contributed by atoms with Gasteiger partial charge in [0.05, 0.1) is 16.7 Å². The first-order chi connectivity index (χ1) is 10.2. The van der Waals surface area contributed by atoms with Crippen molar-refractivity contribution in [3.05, 3.63) is 35.8 Å². The zero-order valence-corrected chi connectivity index (χ0v) is 11.8. The molecule has 1 N–H and O–H groups in total. The van der Waals surface area contributed by atoms with Gasteiger partial charge in [0, 0.05) is 37.6 Å². The van der Waals surface area contributed by atoms with Crippen LogP contribution in [0.4, 0.5) is 10.3 Å². The summed E-state index contributed by atoms with van der Waals surface area (Å²) in [7, 11) is 0. The van der Waals surface area contributed by atoms with Crippen molar-refractivity contribution >= 4 is 22.4 Å². The Bertz CT molecular complexity index is 820. The standard InChI is InChI=1S/C15H16FN5/c1-10-8-14-12-3-2-11(16)9-13(12)18-15(21(14)19-10)20-6-4-17-5-7-20/h2-3,8-9,17H,4-7H2,1H3. The number of nitrogens with zero attached hydrogens (tertiary/aromatic N) is 4. The lowest BCUT2D eigenvalue weighted by Crippen LogP contribution is -2.44. The molecule has 1 aliphatic rings. The van der Waals surface area contributed by atoms with Crippen LogP contribution in [0.25, 0.3) is 16.4 Å². The smallest absolute Gasteiger partial charge is 0.227 e. The fourth-order valence-electron chi connectivity index (χ4n) is 2.88. The topological polar surface area (TPSA) is 45.5 Å². The number of piperazine rings is 1. The number of rotatable bonds is 1. The number of anilines is 1. The fraction of sp³-hybridized carbons (Fsp3) is 0.333. The van der Waals surface area contributed by atoms with E-state index in [2.05, 4.69) is 20.3 Å². The van der Waals surface area contributed by atoms with E-state index in [1.165, 1.54) is 12.1 Å². The van der Waals surface area contributed by atoms with Gasteiger partial charge in [-0.3, -0.25) is 0 Å². The van der Waals surface area contributed by atoms with Crippen LogP contribution in [0.5, 0.6) is 0 Å².